The van der Waals surface area contributed by atoms with Gasteiger partial charge in [0.2, 0.25) is 15.9 Å². The van der Waals surface area contributed by atoms with E-state index in [9.17, 15) is 13.2 Å². The minimum absolute atomic E-state index is 0.0212. The van der Waals surface area contributed by atoms with Crippen LogP contribution in [0.1, 0.15) is 24.1 Å². The number of hydrogen-bond acceptors (Lipinski definition) is 4. The van der Waals surface area contributed by atoms with Crippen molar-refractivity contribution in [3.8, 4) is 0 Å². The summed E-state index contributed by atoms with van der Waals surface area (Å²) in [5, 5.41) is 0. The standard InChI is InChI=1S/C22H29N3O3S/c1-4-23(3)21(19-8-6-5-7-9-19)22(26)24-14-16-25(17-15-24)29(27,28)20-12-10-18(2)11-13-20/h5-13,21H,4,14-17H2,1-3H3. The van der Waals surface area contributed by atoms with Crippen LogP contribution in [0.25, 0.3) is 0 Å². The monoisotopic (exact) mass is 415 g/mol. The highest BCUT2D eigenvalue weighted by atomic mass is 32.2. The van der Waals surface area contributed by atoms with Crippen molar-refractivity contribution in [1.82, 2.24) is 14.1 Å². The zero-order chi connectivity index (χ0) is 21.0. The molecule has 7 heteroatoms. The van der Waals surface area contributed by atoms with Crippen LogP contribution in [0, 0.1) is 6.92 Å². The zero-order valence-electron chi connectivity index (χ0n) is 17.3. The second kappa shape index (κ2) is 9.07. The van der Waals surface area contributed by atoms with E-state index in [0.717, 1.165) is 17.7 Å². The molecule has 1 saturated heterocycles. The molecule has 0 N–H and O–H groups in total. The Morgan fingerprint density at radius 2 is 1.59 bits per heavy atom. The lowest BCUT2D eigenvalue weighted by Gasteiger charge is -2.37. The van der Waals surface area contributed by atoms with Gasteiger partial charge in [-0.3, -0.25) is 9.69 Å². The Hall–Kier alpha value is -2.22. The predicted octanol–water partition coefficient (Wildman–Crippen LogP) is 2.52. The van der Waals surface area contributed by atoms with Crippen molar-refractivity contribution >= 4 is 15.9 Å². The van der Waals surface area contributed by atoms with E-state index in [1.54, 1.807) is 29.2 Å². The quantitative estimate of drug-likeness (QED) is 0.727. The number of carbonyl (C=O) groups is 1. The molecule has 0 aromatic heterocycles. The van der Waals surface area contributed by atoms with Crippen molar-refractivity contribution in [2.45, 2.75) is 24.8 Å². The molecule has 1 atom stereocenters. The van der Waals surface area contributed by atoms with E-state index in [4.69, 9.17) is 0 Å². The average Bonchev–Trinajstić information content (AvgIpc) is 2.75. The first-order valence-electron chi connectivity index (χ1n) is 9.95. The molecule has 2 aromatic rings. The summed E-state index contributed by atoms with van der Waals surface area (Å²) in [6, 6.07) is 16.3. The number of benzene rings is 2. The molecule has 0 bridgehead atoms. The van der Waals surface area contributed by atoms with Gasteiger partial charge in [0.25, 0.3) is 0 Å². The number of rotatable bonds is 6. The average molecular weight is 416 g/mol. The molecule has 2 aromatic carbocycles. The smallest absolute Gasteiger partial charge is 0.244 e. The SMILES string of the molecule is CCN(C)C(C(=O)N1CCN(S(=O)(=O)c2ccc(C)cc2)CC1)c1ccccc1. The second-order valence-corrected chi connectivity index (χ2v) is 9.37. The van der Waals surface area contributed by atoms with E-state index in [1.807, 2.05) is 56.1 Å². The van der Waals surface area contributed by atoms with Gasteiger partial charge in [-0.05, 0) is 38.2 Å². The number of likely N-dealkylation sites (N-methyl/N-ethyl adjacent to an activating group) is 1. The molecule has 1 aliphatic rings. The molecular formula is C22H29N3O3S. The van der Waals surface area contributed by atoms with Crippen molar-refractivity contribution in [2.75, 3.05) is 39.8 Å². The van der Waals surface area contributed by atoms with Gasteiger partial charge in [0.15, 0.2) is 0 Å². The summed E-state index contributed by atoms with van der Waals surface area (Å²) < 4.78 is 27.3. The lowest BCUT2D eigenvalue weighted by molar-refractivity contribution is -0.138. The van der Waals surface area contributed by atoms with E-state index < -0.39 is 10.0 Å². The molecule has 0 radical (unpaired) electrons. The fraction of sp³-hybridized carbons (Fsp3) is 0.409. The highest BCUT2D eigenvalue weighted by Crippen LogP contribution is 2.24. The van der Waals surface area contributed by atoms with Crippen molar-refractivity contribution < 1.29 is 13.2 Å². The molecule has 29 heavy (non-hydrogen) atoms. The van der Waals surface area contributed by atoms with Gasteiger partial charge >= 0.3 is 0 Å². The number of amides is 1. The number of piperazine rings is 1. The van der Waals surface area contributed by atoms with Gasteiger partial charge < -0.3 is 4.90 Å². The van der Waals surface area contributed by atoms with Gasteiger partial charge in [0.05, 0.1) is 4.90 Å². The van der Waals surface area contributed by atoms with Crippen LogP contribution in [0.15, 0.2) is 59.5 Å². The molecule has 3 rings (SSSR count). The van der Waals surface area contributed by atoms with Crippen molar-refractivity contribution in [3.05, 3.63) is 65.7 Å². The van der Waals surface area contributed by atoms with E-state index in [-0.39, 0.29) is 11.9 Å². The van der Waals surface area contributed by atoms with E-state index in [2.05, 4.69) is 0 Å². The van der Waals surface area contributed by atoms with Gasteiger partial charge in [-0.25, -0.2) is 8.42 Å². The normalized spacial score (nSPS) is 16.8. The number of carbonyl (C=O) groups excluding carboxylic acids is 1. The van der Waals surface area contributed by atoms with Crippen molar-refractivity contribution in [3.63, 3.8) is 0 Å². The minimum atomic E-state index is -3.54. The predicted molar refractivity (Wildman–Crippen MR) is 114 cm³/mol. The first-order chi connectivity index (χ1) is 13.8. The van der Waals surface area contributed by atoms with Gasteiger partial charge in [-0.15, -0.1) is 0 Å². The maximum Gasteiger partial charge on any atom is 0.244 e. The first-order valence-corrected chi connectivity index (χ1v) is 11.4. The van der Waals surface area contributed by atoms with Crippen LogP contribution in [0.3, 0.4) is 0 Å². The molecule has 0 saturated carbocycles. The van der Waals surface area contributed by atoms with Crippen LogP contribution in [-0.2, 0) is 14.8 Å². The molecule has 1 amide bonds. The van der Waals surface area contributed by atoms with Gasteiger partial charge in [-0.1, -0.05) is 55.0 Å². The fourth-order valence-electron chi connectivity index (χ4n) is 3.58. The molecule has 1 unspecified atom stereocenters. The molecule has 156 valence electrons. The molecule has 0 spiro atoms. The number of sulfonamides is 1. The Bertz CT molecular complexity index is 922. The summed E-state index contributed by atoms with van der Waals surface area (Å²) >= 11 is 0. The van der Waals surface area contributed by atoms with Crippen LogP contribution in [0.2, 0.25) is 0 Å². The lowest BCUT2D eigenvalue weighted by Crippen LogP contribution is -2.53. The molecule has 1 fully saturated rings. The Labute approximate surface area is 173 Å². The lowest BCUT2D eigenvalue weighted by atomic mass is 10.0. The third-order valence-electron chi connectivity index (χ3n) is 5.50. The minimum Gasteiger partial charge on any atom is -0.338 e. The van der Waals surface area contributed by atoms with Crippen LogP contribution in [0.4, 0.5) is 0 Å². The fourth-order valence-corrected chi connectivity index (χ4v) is 5.01. The summed E-state index contributed by atoms with van der Waals surface area (Å²) in [4.78, 5) is 17.4. The number of aryl methyl sites for hydroxylation is 1. The summed E-state index contributed by atoms with van der Waals surface area (Å²) in [5.41, 5.74) is 1.97. The van der Waals surface area contributed by atoms with Crippen LogP contribution >= 0.6 is 0 Å². The maximum atomic E-state index is 13.3. The Balaban J connectivity index is 1.72. The van der Waals surface area contributed by atoms with E-state index in [0.29, 0.717) is 31.1 Å². The topological polar surface area (TPSA) is 60.9 Å². The van der Waals surface area contributed by atoms with Crippen LogP contribution in [0.5, 0.6) is 0 Å². The van der Waals surface area contributed by atoms with E-state index >= 15 is 0 Å². The number of nitrogens with zero attached hydrogens (tertiary/aromatic N) is 3. The largest absolute Gasteiger partial charge is 0.338 e. The molecule has 6 nitrogen and oxygen atoms in total. The number of hydrogen-bond donors (Lipinski definition) is 0. The Kier molecular flexibility index (Phi) is 6.72. The molecule has 0 aliphatic carbocycles. The first kappa shape index (κ1) is 21.5. The summed E-state index contributed by atoms with van der Waals surface area (Å²) in [6.07, 6.45) is 0. The highest BCUT2D eigenvalue weighted by molar-refractivity contribution is 7.89. The van der Waals surface area contributed by atoms with Gasteiger partial charge in [0, 0.05) is 26.2 Å². The Morgan fingerprint density at radius 1 is 1.00 bits per heavy atom. The van der Waals surface area contributed by atoms with E-state index in [1.165, 1.54) is 4.31 Å². The second-order valence-electron chi connectivity index (χ2n) is 7.43. The molecule has 1 heterocycles. The molecular weight excluding hydrogens is 386 g/mol. The van der Waals surface area contributed by atoms with Crippen LogP contribution < -0.4 is 0 Å². The van der Waals surface area contributed by atoms with Crippen molar-refractivity contribution in [1.29, 1.82) is 0 Å². The highest BCUT2D eigenvalue weighted by Gasteiger charge is 2.34. The third-order valence-corrected chi connectivity index (χ3v) is 7.41. The molecule has 1 aliphatic heterocycles. The summed E-state index contributed by atoms with van der Waals surface area (Å²) in [7, 11) is -1.60. The summed E-state index contributed by atoms with van der Waals surface area (Å²) in [5.74, 6) is 0.0212. The van der Waals surface area contributed by atoms with Gasteiger partial charge in [0.1, 0.15) is 6.04 Å². The Morgan fingerprint density at radius 3 is 2.14 bits per heavy atom. The maximum absolute atomic E-state index is 13.3. The van der Waals surface area contributed by atoms with Gasteiger partial charge in [-0.2, -0.15) is 4.31 Å². The summed E-state index contributed by atoms with van der Waals surface area (Å²) in [6.45, 7) is 6.09. The zero-order valence-corrected chi connectivity index (χ0v) is 18.1. The van der Waals surface area contributed by atoms with Crippen molar-refractivity contribution in [2.24, 2.45) is 0 Å². The third kappa shape index (κ3) is 4.69. The van der Waals surface area contributed by atoms with Crippen LogP contribution in [-0.4, -0.2) is 68.2 Å².